The average molecular weight is 371 g/mol. The SMILES string of the molecule is C=CCC(O)(CC=C)c1ccc(CN(Cc2ccco2)C[C@H]2CCCO2)o1. The molecular weight excluding hydrogens is 342 g/mol. The third-order valence-electron chi connectivity index (χ3n) is 4.91. The summed E-state index contributed by atoms with van der Waals surface area (Å²) in [6.45, 7) is 10.4. The minimum absolute atomic E-state index is 0.243. The smallest absolute Gasteiger partial charge is 0.136 e. The molecule has 27 heavy (non-hydrogen) atoms. The van der Waals surface area contributed by atoms with Crippen molar-refractivity contribution in [1.29, 1.82) is 0 Å². The van der Waals surface area contributed by atoms with Crippen LogP contribution in [0.2, 0.25) is 0 Å². The van der Waals surface area contributed by atoms with Gasteiger partial charge in [0.25, 0.3) is 0 Å². The van der Waals surface area contributed by atoms with Crippen LogP contribution in [0.5, 0.6) is 0 Å². The highest BCUT2D eigenvalue weighted by Crippen LogP contribution is 2.31. The van der Waals surface area contributed by atoms with Crippen molar-refractivity contribution >= 4 is 0 Å². The number of nitrogens with zero attached hydrogens (tertiary/aromatic N) is 1. The zero-order chi connectivity index (χ0) is 19.1. The standard InChI is InChI=1S/C22H29NO4/c1-3-11-22(24,12-4-2)21-10-9-20(27-21)17-23(15-18-7-5-13-25-18)16-19-8-6-14-26-19/h3-5,7,9-10,13,19,24H,1-2,6,8,11-12,14-17H2/t19-/m1/s1. The Labute approximate surface area is 160 Å². The lowest BCUT2D eigenvalue weighted by molar-refractivity contribution is 0.0176. The molecule has 0 amide bonds. The van der Waals surface area contributed by atoms with E-state index in [1.54, 1.807) is 18.4 Å². The molecule has 5 heteroatoms. The Balaban J connectivity index is 1.71. The maximum Gasteiger partial charge on any atom is 0.136 e. The fourth-order valence-corrected chi connectivity index (χ4v) is 3.58. The van der Waals surface area contributed by atoms with Crippen molar-refractivity contribution in [2.24, 2.45) is 0 Å². The van der Waals surface area contributed by atoms with E-state index in [0.29, 0.717) is 31.7 Å². The molecule has 3 heterocycles. The molecule has 5 nitrogen and oxygen atoms in total. The van der Waals surface area contributed by atoms with Gasteiger partial charge in [0, 0.05) is 26.0 Å². The van der Waals surface area contributed by atoms with Crippen molar-refractivity contribution in [3.8, 4) is 0 Å². The summed E-state index contributed by atoms with van der Waals surface area (Å²) in [6, 6.07) is 7.65. The van der Waals surface area contributed by atoms with Gasteiger partial charge in [0.2, 0.25) is 0 Å². The summed E-state index contributed by atoms with van der Waals surface area (Å²) < 4.78 is 17.3. The minimum atomic E-state index is -1.10. The minimum Gasteiger partial charge on any atom is -0.468 e. The van der Waals surface area contributed by atoms with Gasteiger partial charge in [-0.1, -0.05) is 12.2 Å². The first-order valence-corrected chi connectivity index (χ1v) is 9.52. The monoisotopic (exact) mass is 371 g/mol. The molecule has 0 aliphatic carbocycles. The predicted octanol–water partition coefficient (Wildman–Crippen LogP) is 4.39. The second-order valence-corrected chi connectivity index (χ2v) is 7.17. The Morgan fingerprint density at radius 1 is 1.15 bits per heavy atom. The largest absolute Gasteiger partial charge is 0.468 e. The van der Waals surface area contributed by atoms with Crippen LogP contribution in [0, 0.1) is 0 Å². The van der Waals surface area contributed by atoms with Gasteiger partial charge in [0.05, 0.1) is 25.5 Å². The van der Waals surface area contributed by atoms with E-state index in [9.17, 15) is 5.11 Å². The summed E-state index contributed by atoms with van der Waals surface area (Å²) in [5.74, 6) is 2.27. The van der Waals surface area contributed by atoms with Gasteiger partial charge in [-0.05, 0) is 37.1 Å². The van der Waals surface area contributed by atoms with Crippen molar-refractivity contribution in [2.45, 2.75) is 50.5 Å². The number of furan rings is 2. The van der Waals surface area contributed by atoms with Gasteiger partial charge in [0.1, 0.15) is 22.9 Å². The molecule has 0 bridgehead atoms. The van der Waals surface area contributed by atoms with E-state index in [-0.39, 0.29) is 6.10 Å². The highest BCUT2D eigenvalue weighted by Gasteiger charge is 2.30. The molecule has 1 atom stereocenters. The molecule has 1 N–H and O–H groups in total. The molecular formula is C22H29NO4. The van der Waals surface area contributed by atoms with Crippen LogP contribution in [0.15, 0.2) is 64.7 Å². The zero-order valence-corrected chi connectivity index (χ0v) is 15.8. The second kappa shape index (κ2) is 9.22. The van der Waals surface area contributed by atoms with Crippen molar-refractivity contribution < 1.29 is 18.7 Å². The fraction of sp³-hybridized carbons (Fsp3) is 0.455. The summed E-state index contributed by atoms with van der Waals surface area (Å²) in [5.41, 5.74) is -1.10. The lowest BCUT2D eigenvalue weighted by Crippen LogP contribution is -2.31. The van der Waals surface area contributed by atoms with Crippen LogP contribution < -0.4 is 0 Å². The van der Waals surface area contributed by atoms with Crippen molar-refractivity contribution in [1.82, 2.24) is 4.90 Å². The van der Waals surface area contributed by atoms with E-state index in [4.69, 9.17) is 13.6 Å². The quantitative estimate of drug-likeness (QED) is 0.594. The molecule has 1 fully saturated rings. The second-order valence-electron chi connectivity index (χ2n) is 7.17. The Morgan fingerprint density at radius 2 is 1.93 bits per heavy atom. The Kier molecular flexibility index (Phi) is 6.72. The van der Waals surface area contributed by atoms with Crippen LogP contribution in [0.4, 0.5) is 0 Å². The number of rotatable bonds is 11. The van der Waals surface area contributed by atoms with Crippen LogP contribution in [0.3, 0.4) is 0 Å². The molecule has 0 aromatic carbocycles. The van der Waals surface area contributed by atoms with Gasteiger partial charge in [-0.25, -0.2) is 0 Å². The fourth-order valence-electron chi connectivity index (χ4n) is 3.58. The summed E-state index contributed by atoms with van der Waals surface area (Å²) in [5, 5.41) is 10.9. The average Bonchev–Trinajstić information content (AvgIpc) is 3.38. The Morgan fingerprint density at radius 3 is 2.56 bits per heavy atom. The Bertz CT molecular complexity index is 703. The normalized spacial score (nSPS) is 17.5. The topological polar surface area (TPSA) is 59.0 Å². The first-order valence-electron chi connectivity index (χ1n) is 9.52. The third-order valence-corrected chi connectivity index (χ3v) is 4.91. The molecule has 1 aliphatic heterocycles. The van der Waals surface area contributed by atoms with E-state index < -0.39 is 5.60 Å². The molecule has 0 spiro atoms. The van der Waals surface area contributed by atoms with Crippen LogP contribution >= 0.6 is 0 Å². The molecule has 2 aromatic rings. The Hall–Kier alpha value is -2.08. The van der Waals surface area contributed by atoms with Gasteiger partial charge in [0.15, 0.2) is 0 Å². The van der Waals surface area contributed by atoms with E-state index in [0.717, 1.165) is 37.5 Å². The molecule has 146 valence electrons. The number of ether oxygens (including phenoxy) is 1. The van der Waals surface area contributed by atoms with Gasteiger partial charge >= 0.3 is 0 Å². The third kappa shape index (κ3) is 5.22. The van der Waals surface area contributed by atoms with Crippen LogP contribution in [0.25, 0.3) is 0 Å². The van der Waals surface area contributed by atoms with Gasteiger partial charge in [-0.15, -0.1) is 13.2 Å². The highest BCUT2D eigenvalue weighted by atomic mass is 16.5. The van der Waals surface area contributed by atoms with Crippen LogP contribution in [-0.2, 0) is 23.4 Å². The summed E-state index contributed by atoms with van der Waals surface area (Å²) >= 11 is 0. The first-order chi connectivity index (χ1) is 13.1. The van der Waals surface area contributed by atoms with E-state index in [2.05, 4.69) is 18.1 Å². The molecule has 1 saturated heterocycles. The molecule has 0 saturated carbocycles. The van der Waals surface area contributed by atoms with Crippen molar-refractivity contribution in [3.63, 3.8) is 0 Å². The van der Waals surface area contributed by atoms with Gasteiger partial charge < -0.3 is 18.7 Å². The lowest BCUT2D eigenvalue weighted by Gasteiger charge is -2.24. The predicted molar refractivity (Wildman–Crippen MR) is 104 cm³/mol. The first kappa shape index (κ1) is 19.7. The number of aliphatic hydroxyl groups is 1. The highest BCUT2D eigenvalue weighted by molar-refractivity contribution is 5.17. The van der Waals surface area contributed by atoms with Crippen LogP contribution in [-0.4, -0.2) is 29.3 Å². The zero-order valence-electron chi connectivity index (χ0n) is 15.8. The lowest BCUT2D eigenvalue weighted by atomic mass is 9.93. The number of hydrogen-bond acceptors (Lipinski definition) is 5. The molecule has 3 rings (SSSR count). The van der Waals surface area contributed by atoms with Crippen molar-refractivity contribution in [2.75, 3.05) is 13.2 Å². The number of hydrogen-bond donors (Lipinski definition) is 1. The van der Waals surface area contributed by atoms with E-state index >= 15 is 0 Å². The molecule has 0 radical (unpaired) electrons. The van der Waals surface area contributed by atoms with Crippen molar-refractivity contribution in [3.05, 3.63) is 73.1 Å². The summed E-state index contributed by atoms with van der Waals surface area (Å²) in [4.78, 5) is 2.26. The molecule has 1 aliphatic rings. The molecule has 2 aromatic heterocycles. The van der Waals surface area contributed by atoms with Gasteiger partial charge in [-0.3, -0.25) is 4.90 Å². The summed E-state index contributed by atoms with van der Waals surface area (Å²) in [7, 11) is 0. The maximum absolute atomic E-state index is 10.9. The van der Waals surface area contributed by atoms with Gasteiger partial charge in [-0.2, -0.15) is 0 Å². The van der Waals surface area contributed by atoms with E-state index in [1.807, 2.05) is 24.3 Å². The van der Waals surface area contributed by atoms with E-state index in [1.165, 1.54) is 0 Å². The summed E-state index contributed by atoms with van der Waals surface area (Å²) in [6.07, 6.45) is 8.36. The van der Waals surface area contributed by atoms with Crippen LogP contribution in [0.1, 0.15) is 43.0 Å². The maximum atomic E-state index is 10.9. The molecule has 0 unspecified atom stereocenters.